The van der Waals surface area contributed by atoms with Gasteiger partial charge in [-0.1, -0.05) is 20.8 Å². The lowest BCUT2D eigenvalue weighted by atomic mass is 10.1. The Morgan fingerprint density at radius 2 is 2.04 bits per heavy atom. The summed E-state index contributed by atoms with van der Waals surface area (Å²) in [6, 6.07) is 5.12. The van der Waals surface area contributed by atoms with Crippen LogP contribution in [0.2, 0.25) is 0 Å². The fourth-order valence-electron chi connectivity index (χ4n) is 2.69. The monoisotopic (exact) mass is 331 g/mol. The van der Waals surface area contributed by atoms with Crippen molar-refractivity contribution in [3.8, 4) is 5.75 Å². The molecule has 0 bridgehead atoms. The minimum atomic E-state index is -0.446. The van der Waals surface area contributed by atoms with Gasteiger partial charge >= 0.3 is 5.97 Å². The molecule has 1 heterocycles. The molecule has 0 aliphatic rings. The van der Waals surface area contributed by atoms with Crippen molar-refractivity contribution in [3.63, 3.8) is 0 Å². The second-order valence-corrected chi connectivity index (χ2v) is 6.17. The summed E-state index contributed by atoms with van der Waals surface area (Å²) in [6.45, 7) is 8.79. The summed E-state index contributed by atoms with van der Waals surface area (Å²) < 4.78 is 12.7. The number of hydrogen-bond donors (Lipinski definition) is 0. The van der Waals surface area contributed by atoms with E-state index in [0.717, 1.165) is 17.2 Å². The van der Waals surface area contributed by atoms with E-state index in [2.05, 4.69) is 0 Å². The van der Waals surface area contributed by atoms with Crippen LogP contribution in [0, 0.1) is 5.92 Å². The summed E-state index contributed by atoms with van der Waals surface area (Å²) in [5.41, 5.74) is 1.37. The van der Waals surface area contributed by atoms with Crippen LogP contribution in [0.5, 0.6) is 5.75 Å². The molecule has 0 aliphatic heterocycles. The number of ether oxygens (including phenoxy) is 2. The molecular formula is C19H25NO4. The summed E-state index contributed by atoms with van der Waals surface area (Å²) >= 11 is 0. The summed E-state index contributed by atoms with van der Waals surface area (Å²) in [4.78, 5) is 23.9. The Morgan fingerprint density at radius 3 is 2.62 bits per heavy atom. The topological polar surface area (TPSA) is 57.5 Å². The molecule has 24 heavy (non-hydrogen) atoms. The number of rotatable bonds is 8. The highest BCUT2D eigenvalue weighted by molar-refractivity contribution is 5.99. The van der Waals surface area contributed by atoms with Crippen molar-refractivity contribution < 1.29 is 19.1 Å². The maximum absolute atomic E-state index is 12.4. The molecule has 1 unspecified atom stereocenters. The fraction of sp³-hybridized carbons (Fsp3) is 0.474. The van der Waals surface area contributed by atoms with Crippen LogP contribution >= 0.6 is 0 Å². The predicted molar refractivity (Wildman–Crippen MR) is 93.6 cm³/mol. The Balaban J connectivity index is 2.42. The fourth-order valence-corrected chi connectivity index (χ4v) is 2.69. The highest BCUT2D eigenvalue weighted by atomic mass is 16.5. The first kappa shape index (κ1) is 18.0. The second kappa shape index (κ2) is 7.99. The molecule has 0 fully saturated rings. The van der Waals surface area contributed by atoms with Crippen molar-refractivity contribution >= 4 is 23.2 Å². The Labute approximate surface area is 142 Å². The van der Waals surface area contributed by atoms with E-state index in [-0.39, 0.29) is 11.9 Å². The number of carbonyl (C=O) groups is 2. The number of aldehydes is 1. The van der Waals surface area contributed by atoms with Gasteiger partial charge in [-0.3, -0.25) is 4.79 Å². The molecule has 1 aromatic heterocycles. The van der Waals surface area contributed by atoms with E-state index >= 15 is 0 Å². The number of hydrogen-bond acceptors (Lipinski definition) is 4. The lowest BCUT2D eigenvalue weighted by Gasteiger charge is -2.18. The summed E-state index contributed by atoms with van der Waals surface area (Å²) in [7, 11) is 0. The molecule has 130 valence electrons. The maximum atomic E-state index is 12.4. The second-order valence-electron chi connectivity index (χ2n) is 6.17. The average Bonchev–Trinajstić information content (AvgIpc) is 2.92. The lowest BCUT2D eigenvalue weighted by molar-refractivity contribution is -0.148. The zero-order valence-electron chi connectivity index (χ0n) is 14.7. The summed E-state index contributed by atoms with van der Waals surface area (Å²) in [6.07, 6.45) is 3.12. The molecule has 2 rings (SSSR count). The minimum absolute atomic E-state index is 0.269. The highest BCUT2D eigenvalue weighted by Crippen LogP contribution is 2.29. The normalized spacial score (nSPS) is 12.4. The molecule has 0 saturated carbocycles. The average molecular weight is 331 g/mol. The van der Waals surface area contributed by atoms with Gasteiger partial charge in [-0.25, -0.2) is 4.79 Å². The van der Waals surface area contributed by atoms with E-state index in [4.69, 9.17) is 9.47 Å². The third kappa shape index (κ3) is 3.78. The van der Waals surface area contributed by atoms with Crippen molar-refractivity contribution in [1.29, 1.82) is 0 Å². The largest absolute Gasteiger partial charge is 0.494 e. The molecule has 0 aliphatic carbocycles. The van der Waals surface area contributed by atoms with Gasteiger partial charge in [-0.15, -0.1) is 0 Å². The van der Waals surface area contributed by atoms with Crippen molar-refractivity contribution in [1.82, 2.24) is 4.57 Å². The van der Waals surface area contributed by atoms with Crippen LogP contribution in [0.4, 0.5) is 0 Å². The maximum Gasteiger partial charge on any atom is 0.329 e. The van der Waals surface area contributed by atoms with Crippen molar-refractivity contribution in [2.75, 3.05) is 13.2 Å². The molecule has 1 atom stereocenters. The Kier molecular flexibility index (Phi) is 6.01. The molecule has 0 amide bonds. The van der Waals surface area contributed by atoms with Crippen molar-refractivity contribution in [3.05, 3.63) is 30.0 Å². The van der Waals surface area contributed by atoms with E-state index < -0.39 is 6.04 Å². The van der Waals surface area contributed by atoms with Crippen LogP contribution in [-0.2, 0) is 9.53 Å². The number of fused-ring (bicyclic) bond motifs is 1. The van der Waals surface area contributed by atoms with E-state index in [1.165, 1.54) is 0 Å². The minimum Gasteiger partial charge on any atom is -0.494 e. The van der Waals surface area contributed by atoms with Gasteiger partial charge in [-0.05, 0) is 37.5 Å². The van der Waals surface area contributed by atoms with Crippen LogP contribution in [0.1, 0.15) is 50.5 Å². The van der Waals surface area contributed by atoms with Gasteiger partial charge in [0.2, 0.25) is 0 Å². The number of carbonyl (C=O) groups excluding carboxylic acids is 2. The third-order valence-electron chi connectivity index (χ3n) is 3.83. The Bertz CT molecular complexity index is 717. The smallest absolute Gasteiger partial charge is 0.329 e. The summed E-state index contributed by atoms with van der Waals surface area (Å²) in [5, 5.41) is 0.783. The molecule has 5 heteroatoms. The van der Waals surface area contributed by atoms with Gasteiger partial charge in [0.25, 0.3) is 0 Å². The molecule has 2 aromatic rings. The van der Waals surface area contributed by atoms with Gasteiger partial charge in [0.05, 0.1) is 13.2 Å². The summed E-state index contributed by atoms with van der Waals surface area (Å²) in [5.74, 6) is 0.725. The van der Waals surface area contributed by atoms with E-state index in [1.807, 2.05) is 50.5 Å². The first-order valence-electron chi connectivity index (χ1n) is 8.40. The standard InChI is InChI=1S/C19H25NO4/c1-5-17(19(22)24-12-13(3)4)20-10-14(11-21)16-9-15(23-6-2)7-8-18(16)20/h7-11,13,17H,5-6,12H2,1-4H3. The Hall–Kier alpha value is -2.30. The quantitative estimate of drug-likeness (QED) is 0.542. The van der Waals surface area contributed by atoms with E-state index in [0.29, 0.717) is 30.9 Å². The molecule has 1 aromatic carbocycles. The van der Waals surface area contributed by atoms with Crippen LogP contribution in [-0.4, -0.2) is 30.0 Å². The zero-order valence-corrected chi connectivity index (χ0v) is 14.7. The van der Waals surface area contributed by atoms with Gasteiger partial charge in [0.15, 0.2) is 6.29 Å². The molecular weight excluding hydrogens is 306 g/mol. The molecule has 5 nitrogen and oxygen atoms in total. The van der Waals surface area contributed by atoms with E-state index in [1.54, 1.807) is 6.20 Å². The number of nitrogens with zero attached hydrogens (tertiary/aromatic N) is 1. The van der Waals surface area contributed by atoms with Gasteiger partial charge < -0.3 is 14.0 Å². The van der Waals surface area contributed by atoms with Crippen LogP contribution in [0.15, 0.2) is 24.4 Å². The van der Waals surface area contributed by atoms with Gasteiger partial charge in [0, 0.05) is 22.7 Å². The van der Waals surface area contributed by atoms with Gasteiger partial charge in [0.1, 0.15) is 11.8 Å². The molecule has 0 saturated heterocycles. The highest BCUT2D eigenvalue weighted by Gasteiger charge is 2.23. The molecule has 0 N–H and O–H groups in total. The van der Waals surface area contributed by atoms with Crippen LogP contribution < -0.4 is 4.74 Å². The number of aromatic nitrogens is 1. The molecule has 0 radical (unpaired) electrons. The third-order valence-corrected chi connectivity index (χ3v) is 3.83. The first-order chi connectivity index (χ1) is 11.5. The van der Waals surface area contributed by atoms with E-state index in [9.17, 15) is 9.59 Å². The lowest BCUT2D eigenvalue weighted by Crippen LogP contribution is -2.22. The SMILES string of the molecule is CCOc1ccc2c(c1)c(C=O)cn2C(CC)C(=O)OCC(C)C. The number of esters is 1. The number of benzene rings is 1. The van der Waals surface area contributed by atoms with Crippen molar-refractivity contribution in [2.45, 2.75) is 40.2 Å². The zero-order chi connectivity index (χ0) is 17.7. The Morgan fingerprint density at radius 1 is 1.29 bits per heavy atom. The first-order valence-corrected chi connectivity index (χ1v) is 8.40. The predicted octanol–water partition coefficient (Wildman–Crippen LogP) is 4.00. The molecule has 0 spiro atoms. The van der Waals surface area contributed by atoms with Crippen molar-refractivity contribution in [2.24, 2.45) is 5.92 Å². The van der Waals surface area contributed by atoms with Gasteiger partial charge in [-0.2, -0.15) is 0 Å². The van der Waals surface area contributed by atoms with Crippen LogP contribution in [0.25, 0.3) is 10.9 Å². The van der Waals surface area contributed by atoms with Crippen LogP contribution in [0.3, 0.4) is 0 Å².